The lowest BCUT2D eigenvalue weighted by molar-refractivity contribution is -0.167. The van der Waals surface area contributed by atoms with E-state index in [1.54, 1.807) is 19.1 Å². The molecule has 114 valence electrons. The Morgan fingerprint density at radius 3 is 2.45 bits per heavy atom. The molecule has 1 aromatic rings. The van der Waals surface area contributed by atoms with E-state index in [4.69, 9.17) is 0 Å². The highest BCUT2D eigenvalue weighted by molar-refractivity contribution is 5.25. The zero-order chi connectivity index (χ0) is 15.3. The van der Waals surface area contributed by atoms with Crippen molar-refractivity contribution in [2.45, 2.75) is 25.3 Å². The summed E-state index contributed by atoms with van der Waals surface area (Å²) < 4.78 is 67.2. The van der Waals surface area contributed by atoms with Crippen LogP contribution in [0.5, 0.6) is 0 Å². The molecular formula is C13H16F5NO. The Hall–Kier alpha value is -1.21. The van der Waals surface area contributed by atoms with Crippen LogP contribution in [0.1, 0.15) is 17.2 Å². The van der Waals surface area contributed by atoms with Crippen molar-refractivity contribution >= 4 is 0 Å². The summed E-state index contributed by atoms with van der Waals surface area (Å²) in [5, 5.41) is 2.76. The van der Waals surface area contributed by atoms with Gasteiger partial charge >= 0.3 is 12.3 Å². The number of rotatable bonds is 7. The lowest BCUT2D eigenvalue weighted by Crippen LogP contribution is -2.34. The Morgan fingerprint density at radius 2 is 1.95 bits per heavy atom. The minimum absolute atomic E-state index is 0.263. The van der Waals surface area contributed by atoms with Crippen LogP contribution in [0.4, 0.5) is 22.0 Å². The number of hydrogen-bond acceptors (Lipinski definition) is 2. The van der Waals surface area contributed by atoms with Crippen LogP contribution in [0.3, 0.4) is 0 Å². The van der Waals surface area contributed by atoms with E-state index in [0.29, 0.717) is 11.1 Å². The van der Waals surface area contributed by atoms with E-state index in [1.165, 1.54) is 13.1 Å². The summed E-state index contributed by atoms with van der Waals surface area (Å²) in [6.07, 6.45) is -3.77. The number of ether oxygens (including phenoxy) is 1. The Labute approximate surface area is 113 Å². The Balaban J connectivity index is 2.62. The number of benzene rings is 1. The normalized spacial score (nSPS) is 13.8. The van der Waals surface area contributed by atoms with E-state index in [1.807, 2.05) is 0 Å². The van der Waals surface area contributed by atoms with E-state index >= 15 is 0 Å². The van der Waals surface area contributed by atoms with Gasteiger partial charge in [-0.25, -0.2) is 13.2 Å². The SMILES string of the molecule is CNC(COCC(F)(F)C(F)F)c1ccc(C)c(F)c1. The van der Waals surface area contributed by atoms with Crippen LogP contribution in [0.25, 0.3) is 0 Å². The molecule has 1 unspecified atom stereocenters. The molecule has 0 aliphatic rings. The molecule has 0 spiro atoms. The first-order valence-corrected chi connectivity index (χ1v) is 5.95. The van der Waals surface area contributed by atoms with Gasteiger partial charge < -0.3 is 10.1 Å². The number of alkyl halides is 4. The molecule has 20 heavy (non-hydrogen) atoms. The standard InChI is InChI=1S/C13H16F5NO/c1-8-3-4-9(5-10(8)14)11(19-2)6-20-7-13(17,18)12(15)16/h3-5,11-12,19H,6-7H2,1-2H3. The summed E-state index contributed by atoms with van der Waals surface area (Å²) in [6.45, 7) is -0.0499. The number of nitrogens with one attached hydrogen (secondary N) is 1. The molecule has 0 saturated carbocycles. The molecule has 1 N–H and O–H groups in total. The van der Waals surface area contributed by atoms with E-state index < -0.39 is 30.8 Å². The van der Waals surface area contributed by atoms with Crippen LogP contribution >= 0.6 is 0 Å². The van der Waals surface area contributed by atoms with E-state index in [-0.39, 0.29) is 6.61 Å². The highest BCUT2D eigenvalue weighted by atomic mass is 19.3. The third-order valence-corrected chi connectivity index (χ3v) is 2.85. The van der Waals surface area contributed by atoms with Crippen LogP contribution in [0.2, 0.25) is 0 Å². The fraction of sp³-hybridized carbons (Fsp3) is 0.538. The lowest BCUT2D eigenvalue weighted by Gasteiger charge is -2.20. The zero-order valence-corrected chi connectivity index (χ0v) is 11.1. The second-order valence-corrected chi connectivity index (χ2v) is 4.43. The summed E-state index contributed by atoms with van der Waals surface area (Å²) >= 11 is 0. The van der Waals surface area contributed by atoms with Crippen LogP contribution < -0.4 is 5.32 Å². The molecule has 0 heterocycles. The molecule has 2 nitrogen and oxygen atoms in total. The maximum atomic E-state index is 13.4. The number of aryl methyl sites for hydroxylation is 1. The quantitative estimate of drug-likeness (QED) is 0.780. The summed E-state index contributed by atoms with van der Waals surface area (Å²) in [5.74, 6) is -4.61. The number of halogens is 5. The van der Waals surface area contributed by atoms with Crippen LogP contribution in [0.15, 0.2) is 18.2 Å². The smallest absolute Gasteiger partial charge is 0.330 e. The lowest BCUT2D eigenvalue weighted by atomic mass is 10.1. The minimum atomic E-state index is -4.18. The Morgan fingerprint density at radius 1 is 1.30 bits per heavy atom. The maximum Gasteiger partial charge on any atom is 0.330 e. The fourth-order valence-corrected chi connectivity index (χ4v) is 1.55. The van der Waals surface area contributed by atoms with Gasteiger partial charge in [-0.2, -0.15) is 8.78 Å². The largest absolute Gasteiger partial charge is 0.373 e. The summed E-state index contributed by atoms with van der Waals surface area (Å²) in [5.41, 5.74) is 0.949. The van der Waals surface area contributed by atoms with Crippen molar-refractivity contribution in [1.82, 2.24) is 5.32 Å². The van der Waals surface area contributed by atoms with Gasteiger partial charge in [-0.05, 0) is 31.2 Å². The second-order valence-electron chi connectivity index (χ2n) is 4.43. The third kappa shape index (κ3) is 4.42. The predicted octanol–water partition coefficient (Wildman–Crippen LogP) is 3.31. The molecule has 0 fully saturated rings. The predicted molar refractivity (Wildman–Crippen MR) is 64.7 cm³/mol. The van der Waals surface area contributed by atoms with Crippen molar-refractivity contribution < 1.29 is 26.7 Å². The van der Waals surface area contributed by atoms with Crippen LogP contribution in [-0.4, -0.2) is 32.6 Å². The number of likely N-dealkylation sites (N-methyl/N-ethyl adjacent to an activating group) is 1. The number of hydrogen-bond donors (Lipinski definition) is 1. The first kappa shape index (κ1) is 16.8. The maximum absolute atomic E-state index is 13.4. The third-order valence-electron chi connectivity index (χ3n) is 2.85. The molecular weight excluding hydrogens is 281 g/mol. The van der Waals surface area contributed by atoms with Crippen molar-refractivity contribution in [3.63, 3.8) is 0 Å². The average molecular weight is 297 g/mol. The van der Waals surface area contributed by atoms with Gasteiger partial charge in [-0.1, -0.05) is 12.1 Å². The first-order valence-electron chi connectivity index (χ1n) is 5.95. The molecule has 0 radical (unpaired) electrons. The fourth-order valence-electron chi connectivity index (χ4n) is 1.55. The molecule has 1 atom stereocenters. The van der Waals surface area contributed by atoms with Gasteiger partial charge in [0.05, 0.1) is 12.6 Å². The van der Waals surface area contributed by atoms with Crippen LogP contribution in [0, 0.1) is 12.7 Å². The average Bonchev–Trinajstić information content (AvgIpc) is 2.38. The molecule has 0 aromatic heterocycles. The minimum Gasteiger partial charge on any atom is -0.373 e. The summed E-state index contributed by atoms with van der Waals surface area (Å²) in [7, 11) is 1.54. The van der Waals surface area contributed by atoms with Crippen LogP contribution in [-0.2, 0) is 4.74 Å². The first-order chi connectivity index (χ1) is 9.27. The van der Waals surface area contributed by atoms with Crippen molar-refractivity contribution in [2.24, 2.45) is 0 Å². The molecule has 0 amide bonds. The molecule has 0 bridgehead atoms. The summed E-state index contributed by atoms with van der Waals surface area (Å²) in [4.78, 5) is 0. The van der Waals surface area contributed by atoms with Gasteiger partial charge in [0.1, 0.15) is 12.4 Å². The van der Waals surface area contributed by atoms with Gasteiger partial charge in [0.15, 0.2) is 0 Å². The van der Waals surface area contributed by atoms with E-state index in [2.05, 4.69) is 10.1 Å². The molecule has 1 rings (SSSR count). The van der Waals surface area contributed by atoms with Gasteiger partial charge in [0, 0.05) is 0 Å². The monoisotopic (exact) mass is 297 g/mol. The Bertz CT molecular complexity index is 439. The van der Waals surface area contributed by atoms with Gasteiger partial charge in [0.2, 0.25) is 0 Å². The van der Waals surface area contributed by atoms with Gasteiger partial charge in [0.25, 0.3) is 0 Å². The second kappa shape index (κ2) is 6.99. The van der Waals surface area contributed by atoms with Crippen molar-refractivity contribution in [2.75, 3.05) is 20.3 Å². The van der Waals surface area contributed by atoms with Crippen molar-refractivity contribution in [1.29, 1.82) is 0 Å². The highest BCUT2D eigenvalue weighted by Gasteiger charge is 2.41. The van der Waals surface area contributed by atoms with Crippen molar-refractivity contribution in [3.05, 3.63) is 35.1 Å². The van der Waals surface area contributed by atoms with Gasteiger partial charge in [-0.3, -0.25) is 0 Å². The topological polar surface area (TPSA) is 21.3 Å². The summed E-state index contributed by atoms with van der Waals surface area (Å²) in [6, 6.07) is 3.86. The van der Waals surface area contributed by atoms with Gasteiger partial charge in [-0.15, -0.1) is 0 Å². The van der Waals surface area contributed by atoms with Crippen molar-refractivity contribution in [3.8, 4) is 0 Å². The Kier molecular flexibility index (Phi) is 5.88. The van der Waals surface area contributed by atoms with E-state index in [0.717, 1.165) is 0 Å². The molecule has 0 saturated heterocycles. The molecule has 0 aliphatic heterocycles. The zero-order valence-electron chi connectivity index (χ0n) is 11.1. The molecule has 1 aromatic carbocycles. The molecule has 7 heteroatoms. The molecule has 0 aliphatic carbocycles. The highest BCUT2D eigenvalue weighted by Crippen LogP contribution is 2.24. The van der Waals surface area contributed by atoms with E-state index in [9.17, 15) is 22.0 Å².